The van der Waals surface area contributed by atoms with Crippen molar-refractivity contribution in [2.24, 2.45) is 0 Å². The fourth-order valence-electron chi connectivity index (χ4n) is 1.13. The van der Waals surface area contributed by atoms with Crippen molar-refractivity contribution >= 4 is 17.9 Å². The molecule has 2 aliphatic heterocycles. The van der Waals surface area contributed by atoms with Crippen molar-refractivity contribution in [1.82, 2.24) is 0 Å². The number of carboxylic acid groups (broad SMARTS) is 1. The van der Waals surface area contributed by atoms with E-state index >= 15 is 0 Å². The van der Waals surface area contributed by atoms with Gasteiger partial charge in [0, 0.05) is 6.08 Å². The van der Waals surface area contributed by atoms with E-state index in [1.807, 2.05) is 0 Å². The van der Waals surface area contributed by atoms with Crippen LogP contribution in [-0.4, -0.2) is 35.7 Å². The zero-order valence-electron chi connectivity index (χ0n) is 10.9. The van der Waals surface area contributed by atoms with Gasteiger partial charge < -0.3 is 14.6 Å². The van der Waals surface area contributed by atoms with Crippen molar-refractivity contribution in [2.75, 3.05) is 6.61 Å². The predicted octanol–water partition coefficient (Wildman–Crippen LogP) is 1.66. The molecule has 0 bridgehead atoms. The molecule has 20 heavy (non-hydrogen) atoms. The summed E-state index contributed by atoms with van der Waals surface area (Å²) in [5.41, 5.74) is 0.718. The Balaban J connectivity index is 0.000000185. The smallest absolute Gasteiger partial charge is 0.346 e. The quantitative estimate of drug-likeness (QED) is 0.363. The Morgan fingerprint density at radius 3 is 1.90 bits per heavy atom. The van der Waals surface area contributed by atoms with E-state index in [0.29, 0.717) is 17.2 Å². The first kappa shape index (κ1) is 15.6. The molecule has 0 radical (unpaired) electrons. The number of cyclic esters (lactones) is 2. The van der Waals surface area contributed by atoms with Crippen LogP contribution < -0.4 is 0 Å². The minimum absolute atomic E-state index is 0.359. The molecule has 0 aromatic heterocycles. The molecule has 2 aliphatic rings. The summed E-state index contributed by atoms with van der Waals surface area (Å²) in [6.45, 7) is 6.00. The Kier molecular flexibility index (Phi) is 5.61. The Morgan fingerprint density at radius 2 is 1.65 bits per heavy atom. The summed E-state index contributed by atoms with van der Waals surface area (Å²) in [7, 11) is 0. The Morgan fingerprint density at radius 1 is 1.30 bits per heavy atom. The maximum absolute atomic E-state index is 10.8. The lowest BCUT2D eigenvalue weighted by Gasteiger charge is -1.86. The van der Waals surface area contributed by atoms with Crippen molar-refractivity contribution in [1.29, 1.82) is 0 Å². The van der Waals surface area contributed by atoms with Crippen molar-refractivity contribution in [3.8, 4) is 0 Å². The molecule has 0 aliphatic carbocycles. The third-order valence-electron chi connectivity index (χ3n) is 2.23. The van der Waals surface area contributed by atoms with Crippen LogP contribution in [0.15, 0.2) is 36.9 Å². The summed E-state index contributed by atoms with van der Waals surface area (Å²) in [6, 6.07) is 6.53. The molecule has 1 fully saturated rings. The van der Waals surface area contributed by atoms with E-state index in [9.17, 15) is 14.4 Å². The first-order valence-electron chi connectivity index (χ1n) is 5.78. The first-order chi connectivity index (χ1) is 9.45. The summed E-state index contributed by atoms with van der Waals surface area (Å²) >= 11 is 0. The van der Waals surface area contributed by atoms with Crippen LogP contribution in [0.4, 0.5) is 0 Å². The van der Waals surface area contributed by atoms with E-state index < -0.39 is 17.9 Å². The van der Waals surface area contributed by atoms with E-state index in [1.165, 1.54) is 0 Å². The molecule has 1 unspecified atom stereocenters. The summed E-state index contributed by atoms with van der Waals surface area (Å²) in [5, 5.41) is 7.60. The average molecular weight is 278 g/mol. The molecule has 6 heteroatoms. The van der Waals surface area contributed by atoms with Gasteiger partial charge in [-0.1, -0.05) is 18.7 Å². The highest BCUT2D eigenvalue weighted by Crippen LogP contribution is 2.18. The molecule has 1 aromatic carbocycles. The monoisotopic (exact) mass is 278 g/mol. The zero-order chi connectivity index (χ0) is 15.1. The van der Waals surface area contributed by atoms with Crippen molar-refractivity contribution in [3.63, 3.8) is 0 Å². The van der Waals surface area contributed by atoms with Gasteiger partial charge in [0.1, 0.15) is 0 Å². The van der Waals surface area contributed by atoms with E-state index in [-0.39, 0.29) is 0 Å². The van der Waals surface area contributed by atoms with Crippen LogP contribution in [0, 0.1) is 0 Å². The van der Waals surface area contributed by atoms with E-state index in [0.717, 1.165) is 12.7 Å². The van der Waals surface area contributed by atoms with Crippen molar-refractivity contribution in [3.05, 3.63) is 48.0 Å². The van der Waals surface area contributed by atoms with Gasteiger partial charge in [-0.15, -0.1) is 0 Å². The number of hydrogen-bond donors (Lipinski definition) is 1. The van der Waals surface area contributed by atoms with Gasteiger partial charge in [-0.25, -0.2) is 14.4 Å². The molecule has 0 spiro atoms. The maximum atomic E-state index is 10.8. The summed E-state index contributed by atoms with van der Waals surface area (Å²) in [6.07, 6.45) is 1.42. The lowest BCUT2D eigenvalue weighted by molar-refractivity contribution is -0.131. The third-order valence-corrected chi connectivity index (χ3v) is 2.23. The third kappa shape index (κ3) is 5.03. The lowest BCUT2D eigenvalue weighted by Crippen LogP contribution is -1.96. The standard InChI is InChI=1S/C8H4O3.C3H4O2.C3H6O/c9-7-5-3-1-2-4-6(5)8(10)11-7;1-2-3(4)5;1-3-2-4-3/h1-4H;2H,1H2,(H,4,5);3H,2H2,1H3. The number of benzene rings is 1. The molecule has 106 valence electrons. The number of aliphatic carboxylic acids is 1. The number of carbonyl (C=O) groups is 3. The normalized spacial score (nSPS) is 17.6. The molecule has 1 aromatic rings. The Labute approximate surface area is 115 Å². The summed E-state index contributed by atoms with van der Waals surface area (Å²) in [4.78, 5) is 30.9. The maximum Gasteiger partial charge on any atom is 0.346 e. The first-order valence-corrected chi connectivity index (χ1v) is 5.78. The second-order valence-electron chi connectivity index (χ2n) is 3.91. The Bertz CT molecular complexity index is 497. The highest BCUT2D eigenvalue weighted by atomic mass is 16.6. The van der Waals surface area contributed by atoms with Gasteiger partial charge in [-0.3, -0.25) is 0 Å². The van der Waals surface area contributed by atoms with Crippen molar-refractivity contribution in [2.45, 2.75) is 13.0 Å². The van der Waals surface area contributed by atoms with Crippen molar-refractivity contribution < 1.29 is 29.0 Å². The number of hydrogen-bond acceptors (Lipinski definition) is 5. The highest BCUT2D eigenvalue weighted by molar-refractivity contribution is 6.14. The zero-order valence-corrected chi connectivity index (χ0v) is 10.9. The fraction of sp³-hybridized carbons (Fsp3) is 0.214. The predicted molar refractivity (Wildman–Crippen MR) is 69.4 cm³/mol. The van der Waals surface area contributed by atoms with E-state index in [2.05, 4.69) is 18.2 Å². The SMILES string of the molecule is C=CC(=O)O.CC1CO1.O=C1OC(=O)c2ccccc21. The highest BCUT2D eigenvalue weighted by Gasteiger charge is 2.28. The molecule has 0 amide bonds. The van der Waals surface area contributed by atoms with Crippen LogP contribution in [0.2, 0.25) is 0 Å². The summed E-state index contributed by atoms with van der Waals surface area (Å²) < 4.78 is 9.06. The van der Waals surface area contributed by atoms with E-state index in [1.54, 1.807) is 24.3 Å². The van der Waals surface area contributed by atoms with Gasteiger partial charge in [-0.2, -0.15) is 0 Å². The van der Waals surface area contributed by atoms with Gasteiger partial charge in [0.15, 0.2) is 0 Å². The van der Waals surface area contributed by atoms with Crippen LogP contribution in [0.1, 0.15) is 27.6 Å². The molecule has 1 atom stereocenters. The van der Waals surface area contributed by atoms with Crippen LogP contribution >= 0.6 is 0 Å². The second-order valence-corrected chi connectivity index (χ2v) is 3.91. The summed E-state index contributed by atoms with van der Waals surface area (Å²) in [5.74, 6) is -2.08. The number of rotatable bonds is 1. The molecule has 6 nitrogen and oxygen atoms in total. The van der Waals surface area contributed by atoms with Gasteiger partial charge >= 0.3 is 17.9 Å². The second kappa shape index (κ2) is 7.20. The van der Waals surface area contributed by atoms with Crippen LogP contribution in [-0.2, 0) is 14.3 Å². The number of carboxylic acids is 1. The van der Waals surface area contributed by atoms with Gasteiger partial charge in [0.05, 0.1) is 23.8 Å². The molecule has 1 saturated heterocycles. The van der Waals surface area contributed by atoms with E-state index in [4.69, 9.17) is 9.84 Å². The number of esters is 2. The van der Waals surface area contributed by atoms with Crippen LogP contribution in [0.5, 0.6) is 0 Å². The molecular weight excluding hydrogens is 264 g/mol. The minimum atomic E-state index is -0.981. The fourth-order valence-corrected chi connectivity index (χ4v) is 1.13. The molecule has 2 heterocycles. The largest absolute Gasteiger partial charge is 0.478 e. The van der Waals surface area contributed by atoms with Gasteiger partial charge in [0.2, 0.25) is 0 Å². The molecular formula is C14H14O6. The number of fused-ring (bicyclic) bond motifs is 1. The number of epoxide rings is 1. The van der Waals surface area contributed by atoms with Crippen LogP contribution in [0.25, 0.3) is 0 Å². The topological polar surface area (TPSA) is 93.2 Å². The number of carbonyl (C=O) groups excluding carboxylic acids is 2. The molecule has 3 rings (SSSR count). The molecule has 1 N–H and O–H groups in total. The van der Waals surface area contributed by atoms with Crippen LogP contribution in [0.3, 0.4) is 0 Å². The number of ether oxygens (including phenoxy) is 2. The molecule has 0 saturated carbocycles. The average Bonchev–Trinajstić information content (AvgIpc) is 3.16. The van der Waals surface area contributed by atoms with Gasteiger partial charge in [0.25, 0.3) is 0 Å². The lowest BCUT2D eigenvalue weighted by atomic mass is 10.1. The minimum Gasteiger partial charge on any atom is -0.478 e. The Hall–Kier alpha value is -2.47. The van der Waals surface area contributed by atoms with Gasteiger partial charge in [-0.05, 0) is 19.1 Å².